The highest BCUT2D eigenvalue weighted by Gasteiger charge is 2.32. The maximum absolute atomic E-state index is 13.0. The Morgan fingerprint density at radius 3 is 2.50 bits per heavy atom. The number of hydrogen-bond acceptors (Lipinski definition) is 4. The van der Waals surface area contributed by atoms with Crippen LogP contribution >= 0.6 is 11.6 Å². The first-order valence-electron chi connectivity index (χ1n) is 10.6. The zero-order chi connectivity index (χ0) is 22.7. The number of nitrogens with zero attached hydrogens (tertiary/aromatic N) is 3. The number of amides is 1. The van der Waals surface area contributed by atoms with Gasteiger partial charge in [-0.25, -0.2) is 0 Å². The van der Waals surface area contributed by atoms with Crippen molar-refractivity contribution in [1.82, 2.24) is 9.80 Å². The second-order valence-electron chi connectivity index (χ2n) is 8.06. The molecule has 0 aromatic heterocycles. The molecular formula is C23H25ClF3N3O2. The van der Waals surface area contributed by atoms with Gasteiger partial charge in [0.1, 0.15) is 0 Å². The molecule has 0 N–H and O–H groups in total. The highest BCUT2D eigenvalue weighted by Crippen LogP contribution is 2.32. The third-order valence-corrected chi connectivity index (χ3v) is 6.23. The zero-order valence-electron chi connectivity index (χ0n) is 17.5. The van der Waals surface area contributed by atoms with Crippen LogP contribution in [0.15, 0.2) is 48.5 Å². The minimum absolute atomic E-state index is 0.0988. The number of anilines is 1. The molecule has 32 heavy (non-hydrogen) atoms. The molecule has 0 bridgehead atoms. The Kier molecular flexibility index (Phi) is 6.93. The number of morpholine rings is 1. The molecule has 2 aliphatic rings. The fourth-order valence-electron chi connectivity index (χ4n) is 4.17. The monoisotopic (exact) mass is 467 g/mol. The Labute approximate surface area is 190 Å². The van der Waals surface area contributed by atoms with Gasteiger partial charge in [0, 0.05) is 51.5 Å². The van der Waals surface area contributed by atoms with Gasteiger partial charge in [0.15, 0.2) is 0 Å². The van der Waals surface area contributed by atoms with Gasteiger partial charge in [0.25, 0.3) is 5.91 Å². The predicted molar refractivity (Wildman–Crippen MR) is 117 cm³/mol. The van der Waals surface area contributed by atoms with E-state index >= 15 is 0 Å². The van der Waals surface area contributed by atoms with Crippen molar-refractivity contribution in [1.29, 1.82) is 0 Å². The summed E-state index contributed by atoms with van der Waals surface area (Å²) in [7, 11) is 0. The number of alkyl halides is 3. The number of piperazine rings is 1. The molecule has 0 saturated carbocycles. The molecule has 5 nitrogen and oxygen atoms in total. The van der Waals surface area contributed by atoms with Crippen LogP contribution < -0.4 is 4.90 Å². The largest absolute Gasteiger partial charge is 0.416 e. The van der Waals surface area contributed by atoms with Crippen molar-refractivity contribution >= 4 is 23.2 Å². The molecule has 172 valence electrons. The first-order chi connectivity index (χ1) is 15.3. The van der Waals surface area contributed by atoms with Crippen LogP contribution in [0.5, 0.6) is 0 Å². The summed E-state index contributed by atoms with van der Waals surface area (Å²) in [6.07, 6.45) is -4.46. The van der Waals surface area contributed by atoms with Crippen molar-refractivity contribution in [3.8, 4) is 0 Å². The van der Waals surface area contributed by atoms with E-state index in [1.165, 1.54) is 12.1 Å². The third-order valence-electron chi connectivity index (χ3n) is 5.90. The topological polar surface area (TPSA) is 36.0 Å². The maximum Gasteiger partial charge on any atom is 0.416 e. The summed E-state index contributed by atoms with van der Waals surface area (Å²) in [5.74, 6) is -0.0988. The van der Waals surface area contributed by atoms with Crippen LogP contribution in [0, 0.1) is 0 Å². The van der Waals surface area contributed by atoms with E-state index in [1.54, 1.807) is 35.2 Å². The SMILES string of the molecule is O=C(c1ccccc1Cl)N1CCOC(CN2CCN(c3cccc(C(F)(F)F)c3)CC2)C1. The van der Waals surface area contributed by atoms with E-state index in [0.717, 1.165) is 6.07 Å². The van der Waals surface area contributed by atoms with Crippen molar-refractivity contribution < 1.29 is 22.7 Å². The predicted octanol–water partition coefficient (Wildman–Crippen LogP) is 4.02. The lowest BCUT2D eigenvalue weighted by Gasteiger charge is -2.40. The Morgan fingerprint density at radius 2 is 1.78 bits per heavy atom. The highest BCUT2D eigenvalue weighted by atomic mass is 35.5. The molecular weight excluding hydrogens is 443 g/mol. The molecule has 2 aromatic rings. The van der Waals surface area contributed by atoms with E-state index in [0.29, 0.717) is 68.7 Å². The quantitative estimate of drug-likeness (QED) is 0.680. The summed E-state index contributed by atoms with van der Waals surface area (Å²) in [4.78, 5) is 18.8. The number of carbonyl (C=O) groups excluding carboxylic acids is 1. The summed E-state index contributed by atoms with van der Waals surface area (Å²) in [5.41, 5.74) is 0.450. The average Bonchev–Trinajstić information content (AvgIpc) is 2.79. The lowest BCUT2D eigenvalue weighted by Crippen LogP contribution is -2.53. The molecule has 2 saturated heterocycles. The standard InChI is InChI=1S/C23H25ClF3N3O2/c24-21-7-2-1-6-20(21)22(31)30-12-13-32-19(16-30)15-28-8-10-29(11-9-28)18-5-3-4-17(14-18)23(25,26)27/h1-7,14,19H,8-13,15-16H2. The van der Waals surface area contributed by atoms with Crippen LogP contribution in [0.2, 0.25) is 5.02 Å². The van der Waals surface area contributed by atoms with E-state index in [-0.39, 0.29) is 12.0 Å². The van der Waals surface area contributed by atoms with Crippen molar-refractivity contribution in [3.05, 3.63) is 64.7 Å². The number of ether oxygens (including phenoxy) is 1. The number of benzene rings is 2. The Morgan fingerprint density at radius 1 is 1.03 bits per heavy atom. The summed E-state index contributed by atoms with van der Waals surface area (Å²) in [6.45, 7) is 4.84. The minimum atomic E-state index is -4.34. The van der Waals surface area contributed by atoms with Gasteiger partial charge in [-0.15, -0.1) is 0 Å². The molecule has 1 amide bonds. The van der Waals surface area contributed by atoms with Crippen LogP contribution in [0.25, 0.3) is 0 Å². The van der Waals surface area contributed by atoms with Crippen molar-refractivity contribution in [2.45, 2.75) is 12.3 Å². The minimum Gasteiger partial charge on any atom is -0.373 e. The van der Waals surface area contributed by atoms with Crippen molar-refractivity contribution in [3.63, 3.8) is 0 Å². The third kappa shape index (κ3) is 5.36. The maximum atomic E-state index is 13.0. The normalized spacial score (nSPS) is 20.4. The van der Waals surface area contributed by atoms with Crippen molar-refractivity contribution in [2.24, 2.45) is 0 Å². The smallest absolute Gasteiger partial charge is 0.373 e. The van der Waals surface area contributed by atoms with Gasteiger partial charge >= 0.3 is 6.18 Å². The number of carbonyl (C=O) groups is 1. The lowest BCUT2D eigenvalue weighted by molar-refractivity contribution is -0.137. The van der Waals surface area contributed by atoms with E-state index in [9.17, 15) is 18.0 Å². The van der Waals surface area contributed by atoms with Crippen LogP contribution in [-0.4, -0.2) is 74.2 Å². The second kappa shape index (κ2) is 9.68. The summed E-state index contributed by atoms with van der Waals surface area (Å²) < 4.78 is 44.9. The van der Waals surface area contributed by atoms with Gasteiger partial charge < -0.3 is 14.5 Å². The molecule has 0 spiro atoms. The van der Waals surface area contributed by atoms with Gasteiger partial charge in [-0.05, 0) is 30.3 Å². The van der Waals surface area contributed by atoms with E-state index in [2.05, 4.69) is 4.90 Å². The van der Waals surface area contributed by atoms with E-state index in [1.807, 2.05) is 4.90 Å². The lowest BCUT2D eigenvalue weighted by atomic mass is 10.1. The van der Waals surface area contributed by atoms with Crippen LogP contribution in [-0.2, 0) is 10.9 Å². The van der Waals surface area contributed by atoms with Gasteiger partial charge in [0.2, 0.25) is 0 Å². The Hall–Kier alpha value is -2.29. The van der Waals surface area contributed by atoms with Crippen LogP contribution in [0.4, 0.5) is 18.9 Å². The van der Waals surface area contributed by atoms with Crippen molar-refractivity contribution in [2.75, 3.05) is 57.3 Å². The van der Waals surface area contributed by atoms with Gasteiger partial charge in [0.05, 0.1) is 28.9 Å². The Balaban J connectivity index is 1.31. The summed E-state index contributed by atoms with van der Waals surface area (Å²) in [6, 6.07) is 12.5. The molecule has 0 radical (unpaired) electrons. The highest BCUT2D eigenvalue weighted by molar-refractivity contribution is 6.33. The number of halogens is 4. The molecule has 2 heterocycles. The molecule has 2 aliphatic heterocycles. The first-order valence-corrected chi connectivity index (χ1v) is 11.0. The number of hydrogen-bond donors (Lipinski definition) is 0. The fraction of sp³-hybridized carbons (Fsp3) is 0.435. The van der Waals surface area contributed by atoms with Gasteiger partial charge in [-0.2, -0.15) is 13.2 Å². The first kappa shape index (κ1) is 22.9. The van der Waals surface area contributed by atoms with Crippen LogP contribution in [0.3, 0.4) is 0 Å². The zero-order valence-corrected chi connectivity index (χ0v) is 18.3. The molecule has 2 aromatic carbocycles. The van der Waals surface area contributed by atoms with Gasteiger partial charge in [-0.1, -0.05) is 29.8 Å². The molecule has 1 unspecified atom stereocenters. The van der Waals surface area contributed by atoms with E-state index in [4.69, 9.17) is 16.3 Å². The molecule has 4 rings (SSSR count). The second-order valence-corrected chi connectivity index (χ2v) is 8.47. The summed E-state index contributed by atoms with van der Waals surface area (Å²) >= 11 is 6.18. The molecule has 1 atom stereocenters. The summed E-state index contributed by atoms with van der Waals surface area (Å²) in [5, 5.41) is 0.436. The average molecular weight is 468 g/mol. The van der Waals surface area contributed by atoms with E-state index < -0.39 is 11.7 Å². The fourth-order valence-corrected chi connectivity index (χ4v) is 4.39. The molecule has 0 aliphatic carbocycles. The number of rotatable bonds is 4. The Bertz CT molecular complexity index is 948. The van der Waals surface area contributed by atoms with Gasteiger partial charge in [-0.3, -0.25) is 9.69 Å². The molecule has 2 fully saturated rings. The van der Waals surface area contributed by atoms with Crippen LogP contribution in [0.1, 0.15) is 15.9 Å². The molecule has 9 heteroatoms.